The van der Waals surface area contributed by atoms with Gasteiger partial charge < -0.3 is 14.2 Å². The largest absolute Gasteiger partial charge is 0.467 e. The summed E-state index contributed by atoms with van der Waals surface area (Å²) < 4.78 is 10.8. The highest BCUT2D eigenvalue weighted by Crippen LogP contribution is 2.25. The Labute approximate surface area is 115 Å². The van der Waals surface area contributed by atoms with E-state index in [0.29, 0.717) is 18.3 Å². The van der Waals surface area contributed by atoms with Crippen molar-refractivity contribution in [2.45, 2.75) is 6.54 Å². The van der Waals surface area contributed by atoms with Gasteiger partial charge in [-0.2, -0.15) is 10.2 Å². The van der Waals surface area contributed by atoms with Crippen molar-refractivity contribution in [2.24, 2.45) is 0 Å². The maximum absolute atomic E-state index is 9.10. The van der Waals surface area contributed by atoms with E-state index in [1.807, 2.05) is 42.5 Å². The van der Waals surface area contributed by atoms with Gasteiger partial charge >= 0.3 is 0 Å². The average Bonchev–Trinajstić information content (AvgIpc) is 3.15. The molecule has 5 heteroatoms. The number of nitriles is 1. The summed E-state index contributed by atoms with van der Waals surface area (Å²) in [5.74, 6) is 1.53. The minimum Gasteiger partial charge on any atom is -0.467 e. The molecule has 0 radical (unpaired) electrons. The maximum Gasteiger partial charge on any atom is 0.232 e. The number of nitrogens with zero attached hydrogens (tertiary/aromatic N) is 2. The zero-order valence-electron chi connectivity index (χ0n) is 10.5. The van der Waals surface area contributed by atoms with E-state index < -0.39 is 0 Å². The van der Waals surface area contributed by atoms with E-state index in [1.165, 1.54) is 0 Å². The Bertz CT molecular complexity index is 724. The first-order valence-corrected chi connectivity index (χ1v) is 6.09. The van der Waals surface area contributed by atoms with Gasteiger partial charge in [-0.15, -0.1) is 0 Å². The van der Waals surface area contributed by atoms with Crippen molar-refractivity contribution >= 4 is 5.88 Å². The normalized spacial score (nSPS) is 10.2. The molecule has 3 rings (SSSR count). The van der Waals surface area contributed by atoms with Gasteiger partial charge in [-0.05, 0) is 24.3 Å². The Balaban J connectivity index is 1.84. The van der Waals surface area contributed by atoms with Gasteiger partial charge in [0.05, 0.1) is 12.8 Å². The highest BCUT2D eigenvalue weighted by Gasteiger charge is 2.14. The van der Waals surface area contributed by atoms with Crippen LogP contribution in [0.4, 0.5) is 5.88 Å². The molecule has 0 aliphatic rings. The van der Waals surface area contributed by atoms with Gasteiger partial charge in [0.15, 0.2) is 0 Å². The topological polar surface area (TPSA) is 75.0 Å². The molecule has 0 bridgehead atoms. The molecule has 20 heavy (non-hydrogen) atoms. The first-order chi connectivity index (χ1) is 9.86. The van der Waals surface area contributed by atoms with Crippen LogP contribution in [0.2, 0.25) is 0 Å². The summed E-state index contributed by atoms with van der Waals surface area (Å²) >= 11 is 0. The van der Waals surface area contributed by atoms with E-state index in [9.17, 15) is 0 Å². The van der Waals surface area contributed by atoms with Crippen LogP contribution < -0.4 is 5.32 Å². The molecule has 0 saturated carbocycles. The summed E-state index contributed by atoms with van der Waals surface area (Å²) in [7, 11) is 0. The second-order valence-corrected chi connectivity index (χ2v) is 4.11. The molecule has 0 atom stereocenters. The molecule has 2 aromatic heterocycles. The van der Waals surface area contributed by atoms with E-state index in [2.05, 4.69) is 10.3 Å². The van der Waals surface area contributed by atoms with Crippen molar-refractivity contribution in [2.75, 3.05) is 5.32 Å². The zero-order chi connectivity index (χ0) is 13.8. The first kappa shape index (κ1) is 12.1. The Morgan fingerprint density at radius 2 is 2.00 bits per heavy atom. The molecule has 0 amide bonds. The van der Waals surface area contributed by atoms with Crippen LogP contribution in [0.15, 0.2) is 57.6 Å². The van der Waals surface area contributed by atoms with E-state index in [0.717, 1.165) is 11.3 Å². The number of benzene rings is 1. The van der Waals surface area contributed by atoms with Gasteiger partial charge in [-0.25, -0.2) is 0 Å². The number of rotatable bonds is 4. The van der Waals surface area contributed by atoms with Crippen LogP contribution in [-0.4, -0.2) is 4.98 Å². The Hall–Kier alpha value is -3.00. The van der Waals surface area contributed by atoms with Crippen molar-refractivity contribution in [3.8, 4) is 17.5 Å². The molecule has 0 saturated heterocycles. The average molecular weight is 265 g/mol. The quantitative estimate of drug-likeness (QED) is 0.782. The van der Waals surface area contributed by atoms with E-state index in [-0.39, 0.29) is 5.69 Å². The lowest BCUT2D eigenvalue weighted by molar-refractivity contribution is 0.512. The molecule has 1 N–H and O–H groups in total. The predicted octanol–water partition coefficient (Wildman–Crippen LogP) is 3.42. The number of hydrogen-bond acceptors (Lipinski definition) is 5. The van der Waals surface area contributed by atoms with Crippen molar-refractivity contribution in [3.05, 3.63) is 60.2 Å². The molecular weight excluding hydrogens is 254 g/mol. The summed E-state index contributed by atoms with van der Waals surface area (Å²) in [6, 6.07) is 15.1. The van der Waals surface area contributed by atoms with Gasteiger partial charge in [-0.1, -0.05) is 18.2 Å². The lowest BCUT2D eigenvalue weighted by Gasteiger charge is -1.99. The fraction of sp³-hybridized carbons (Fsp3) is 0.0667. The minimum atomic E-state index is 0.232. The number of furan rings is 1. The molecule has 0 aliphatic carbocycles. The van der Waals surface area contributed by atoms with Crippen molar-refractivity contribution < 1.29 is 8.83 Å². The van der Waals surface area contributed by atoms with Gasteiger partial charge in [0.25, 0.3) is 0 Å². The molecule has 0 spiro atoms. The molecule has 98 valence electrons. The van der Waals surface area contributed by atoms with Gasteiger partial charge in [0.2, 0.25) is 17.5 Å². The minimum absolute atomic E-state index is 0.232. The van der Waals surface area contributed by atoms with E-state index >= 15 is 0 Å². The summed E-state index contributed by atoms with van der Waals surface area (Å²) in [5.41, 5.74) is 1.06. The Kier molecular flexibility index (Phi) is 3.21. The fourth-order valence-corrected chi connectivity index (χ4v) is 1.80. The summed E-state index contributed by atoms with van der Waals surface area (Å²) in [6.07, 6.45) is 1.60. The molecular formula is C15H11N3O2. The first-order valence-electron chi connectivity index (χ1n) is 6.09. The smallest absolute Gasteiger partial charge is 0.232 e. The second kappa shape index (κ2) is 5.33. The summed E-state index contributed by atoms with van der Waals surface area (Å²) in [5, 5.41) is 12.1. The SMILES string of the molecule is N#Cc1nc(-c2ccccc2)oc1NCc1ccco1. The van der Waals surface area contributed by atoms with Gasteiger partial charge in [0.1, 0.15) is 11.8 Å². The van der Waals surface area contributed by atoms with Crippen molar-refractivity contribution in [1.29, 1.82) is 5.26 Å². The molecule has 0 unspecified atom stereocenters. The summed E-state index contributed by atoms with van der Waals surface area (Å²) in [6.45, 7) is 0.436. The standard InChI is InChI=1S/C15H11N3O2/c16-9-13-15(17-10-12-7-4-8-19-12)20-14(18-13)11-5-2-1-3-6-11/h1-8,17H,10H2. The maximum atomic E-state index is 9.10. The Morgan fingerprint density at radius 1 is 1.15 bits per heavy atom. The lowest BCUT2D eigenvalue weighted by atomic mass is 10.2. The van der Waals surface area contributed by atoms with Crippen LogP contribution in [-0.2, 0) is 6.54 Å². The van der Waals surface area contributed by atoms with Crippen molar-refractivity contribution in [1.82, 2.24) is 4.98 Å². The predicted molar refractivity (Wildman–Crippen MR) is 72.7 cm³/mol. The molecule has 0 aliphatic heterocycles. The summed E-state index contributed by atoms with van der Waals surface area (Å²) in [4.78, 5) is 4.18. The highest BCUT2D eigenvalue weighted by atomic mass is 16.4. The lowest BCUT2D eigenvalue weighted by Crippen LogP contribution is -1.98. The molecule has 0 fully saturated rings. The van der Waals surface area contributed by atoms with Crippen LogP contribution >= 0.6 is 0 Å². The van der Waals surface area contributed by atoms with E-state index in [4.69, 9.17) is 14.1 Å². The highest BCUT2D eigenvalue weighted by molar-refractivity contribution is 5.58. The van der Waals surface area contributed by atoms with Crippen LogP contribution in [0.3, 0.4) is 0 Å². The number of oxazole rings is 1. The van der Waals surface area contributed by atoms with Crippen molar-refractivity contribution in [3.63, 3.8) is 0 Å². The zero-order valence-corrected chi connectivity index (χ0v) is 10.5. The number of hydrogen-bond donors (Lipinski definition) is 1. The molecule has 1 aromatic carbocycles. The number of aromatic nitrogens is 1. The van der Waals surface area contributed by atoms with Crippen LogP contribution in [0.5, 0.6) is 0 Å². The van der Waals surface area contributed by atoms with E-state index in [1.54, 1.807) is 12.3 Å². The van der Waals surface area contributed by atoms with Gasteiger partial charge in [-0.3, -0.25) is 0 Å². The fourth-order valence-electron chi connectivity index (χ4n) is 1.80. The van der Waals surface area contributed by atoms with Gasteiger partial charge in [0, 0.05) is 5.56 Å². The second-order valence-electron chi connectivity index (χ2n) is 4.11. The number of anilines is 1. The van der Waals surface area contributed by atoms with Crippen LogP contribution in [0.25, 0.3) is 11.5 Å². The van der Waals surface area contributed by atoms with Crippen LogP contribution in [0.1, 0.15) is 11.5 Å². The number of nitrogens with one attached hydrogen (secondary N) is 1. The third-order valence-electron chi connectivity index (χ3n) is 2.76. The molecule has 2 heterocycles. The third-order valence-corrected chi connectivity index (χ3v) is 2.76. The monoisotopic (exact) mass is 265 g/mol. The van der Waals surface area contributed by atoms with Crippen LogP contribution in [0, 0.1) is 11.3 Å². The molecule has 5 nitrogen and oxygen atoms in total. The Morgan fingerprint density at radius 3 is 2.70 bits per heavy atom. The molecule has 3 aromatic rings. The third kappa shape index (κ3) is 2.40.